The van der Waals surface area contributed by atoms with Crippen molar-refractivity contribution < 1.29 is 32.9 Å². The Bertz CT molecular complexity index is 1580. The maximum atomic E-state index is 13.1. The molecule has 3 unspecified atom stereocenters. The van der Waals surface area contributed by atoms with Crippen molar-refractivity contribution in [1.29, 1.82) is 0 Å². The molecule has 0 saturated heterocycles. The first-order valence-corrected chi connectivity index (χ1v) is 40.5. The number of amides is 1. The normalized spacial score (nSPS) is 13.8. The lowest BCUT2D eigenvalue weighted by atomic mass is 10.0. The van der Waals surface area contributed by atoms with Crippen molar-refractivity contribution in [3.63, 3.8) is 0 Å². The lowest BCUT2D eigenvalue weighted by molar-refractivity contribution is -0.870. The predicted octanol–water partition coefficient (Wildman–Crippen LogP) is 25.3. The maximum Gasteiger partial charge on any atom is 0.472 e. The largest absolute Gasteiger partial charge is 0.472 e. The Kier molecular flexibility index (Phi) is 68.6. The second kappa shape index (κ2) is 69.8. The van der Waals surface area contributed by atoms with Crippen LogP contribution in [-0.4, -0.2) is 73.4 Å². The Morgan fingerprint density at radius 2 is 0.682 bits per heavy atom. The highest BCUT2D eigenvalue weighted by Crippen LogP contribution is 2.43. The molecule has 0 heterocycles. The van der Waals surface area contributed by atoms with Gasteiger partial charge in [-0.15, -0.1) is 0 Å². The van der Waals surface area contributed by atoms with Crippen LogP contribution in [-0.2, 0) is 18.4 Å². The molecule has 3 N–H and O–H groups in total. The van der Waals surface area contributed by atoms with E-state index in [1.54, 1.807) is 0 Å². The average Bonchev–Trinajstić information content (AvgIpc) is 3.64. The van der Waals surface area contributed by atoms with Gasteiger partial charge in [0.25, 0.3) is 0 Å². The topological polar surface area (TPSA) is 105 Å². The predicted molar refractivity (Wildman–Crippen MR) is 387 cm³/mol. The Balaban J connectivity index is 3.93. The number of phosphoric acid groups is 1. The maximum absolute atomic E-state index is 13.1. The van der Waals surface area contributed by atoms with E-state index in [-0.39, 0.29) is 19.1 Å². The van der Waals surface area contributed by atoms with Gasteiger partial charge in [-0.2, -0.15) is 0 Å². The molecule has 1 amide bonds. The number of rotatable bonds is 73. The van der Waals surface area contributed by atoms with Crippen LogP contribution in [0.2, 0.25) is 0 Å². The summed E-state index contributed by atoms with van der Waals surface area (Å²) in [4.78, 5) is 23.5. The Morgan fingerprint density at radius 1 is 0.398 bits per heavy atom. The smallest absolute Gasteiger partial charge is 0.391 e. The zero-order valence-corrected chi connectivity index (χ0v) is 60.6. The number of unbranched alkanes of at least 4 members (excludes halogenated alkanes) is 52. The van der Waals surface area contributed by atoms with Crippen LogP contribution in [0.1, 0.15) is 399 Å². The summed E-state index contributed by atoms with van der Waals surface area (Å²) in [7, 11) is 1.64. The number of quaternary nitrogens is 1. The van der Waals surface area contributed by atoms with Crippen LogP contribution in [0.3, 0.4) is 0 Å². The van der Waals surface area contributed by atoms with Gasteiger partial charge in [0.1, 0.15) is 13.2 Å². The number of nitrogens with zero attached hydrogens (tertiary/aromatic N) is 1. The minimum atomic E-state index is -4.33. The third-order valence-corrected chi connectivity index (χ3v) is 19.1. The molecule has 0 radical (unpaired) electrons. The van der Waals surface area contributed by atoms with Crippen molar-refractivity contribution in [2.45, 2.75) is 411 Å². The fraction of sp³-hybridized carbons (Fsp3) is 0.886. The lowest BCUT2D eigenvalue weighted by Gasteiger charge is -2.26. The van der Waals surface area contributed by atoms with E-state index in [9.17, 15) is 19.4 Å². The van der Waals surface area contributed by atoms with Gasteiger partial charge in [0.15, 0.2) is 0 Å². The summed E-state index contributed by atoms with van der Waals surface area (Å²) in [5.41, 5.74) is 0. The summed E-state index contributed by atoms with van der Waals surface area (Å²) in [6, 6.07) is -0.762. The molecule has 0 rings (SSSR count). The van der Waals surface area contributed by atoms with Gasteiger partial charge in [0.05, 0.1) is 39.9 Å². The van der Waals surface area contributed by atoms with Crippen molar-refractivity contribution in [2.24, 2.45) is 0 Å². The number of hydrogen-bond acceptors (Lipinski definition) is 5. The molecule has 0 bridgehead atoms. The number of allylic oxidation sites excluding steroid dienone is 8. The van der Waals surface area contributed by atoms with Gasteiger partial charge in [-0.3, -0.25) is 13.8 Å². The third kappa shape index (κ3) is 71.9. The monoisotopic (exact) mass is 1260 g/mol. The zero-order chi connectivity index (χ0) is 64.1. The summed E-state index contributed by atoms with van der Waals surface area (Å²) in [5.74, 6) is -0.136. The summed E-state index contributed by atoms with van der Waals surface area (Å²) < 4.78 is 24.0. The minimum Gasteiger partial charge on any atom is -0.391 e. The van der Waals surface area contributed by atoms with E-state index in [4.69, 9.17) is 9.05 Å². The lowest BCUT2D eigenvalue weighted by Crippen LogP contribution is -2.46. The number of hydrogen-bond donors (Lipinski definition) is 3. The van der Waals surface area contributed by atoms with Crippen molar-refractivity contribution >= 4 is 13.7 Å². The molecule has 0 aromatic heterocycles. The minimum absolute atomic E-state index is 0.0768. The van der Waals surface area contributed by atoms with Crippen molar-refractivity contribution in [1.82, 2.24) is 5.32 Å². The Labute approximate surface area is 549 Å². The Hall–Kier alpha value is -1.54. The van der Waals surface area contributed by atoms with E-state index in [1.165, 1.54) is 308 Å². The molecule has 88 heavy (non-hydrogen) atoms. The van der Waals surface area contributed by atoms with Crippen LogP contribution in [0, 0.1) is 0 Å². The highest BCUT2D eigenvalue weighted by molar-refractivity contribution is 7.47. The molecule has 0 aromatic carbocycles. The second-order valence-corrected chi connectivity index (χ2v) is 29.5. The summed E-state index contributed by atoms with van der Waals surface area (Å²) in [6.07, 6.45) is 95.4. The van der Waals surface area contributed by atoms with Crippen LogP contribution in [0.5, 0.6) is 0 Å². The van der Waals surface area contributed by atoms with Crippen LogP contribution < -0.4 is 5.32 Å². The molecule has 520 valence electrons. The van der Waals surface area contributed by atoms with Gasteiger partial charge in [-0.05, 0) is 51.4 Å². The number of phosphoric ester groups is 1. The number of carbonyl (C=O) groups is 1. The first-order valence-electron chi connectivity index (χ1n) is 39.0. The number of likely N-dealkylation sites (N-methyl/N-ethyl adjacent to an activating group) is 1. The quantitative estimate of drug-likeness (QED) is 0.0243. The number of carbonyl (C=O) groups excluding carboxylic acids is 1. The van der Waals surface area contributed by atoms with E-state index >= 15 is 0 Å². The van der Waals surface area contributed by atoms with Crippen molar-refractivity contribution in [2.75, 3.05) is 40.9 Å². The third-order valence-electron chi connectivity index (χ3n) is 18.1. The van der Waals surface area contributed by atoms with Crippen LogP contribution >= 0.6 is 7.82 Å². The van der Waals surface area contributed by atoms with E-state index in [0.29, 0.717) is 23.9 Å². The van der Waals surface area contributed by atoms with Gasteiger partial charge in [-0.1, -0.05) is 390 Å². The molecule has 0 aliphatic rings. The van der Waals surface area contributed by atoms with Crippen molar-refractivity contribution in [3.8, 4) is 0 Å². The number of aliphatic hydroxyl groups is 1. The molecular weight excluding hydrogens is 1100 g/mol. The first-order chi connectivity index (χ1) is 43.0. The average molecular weight is 1260 g/mol. The molecule has 0 aromatic rings. The van der Waals surface area contributed by atoms with Gasteiger partial charge >= 0.3 is 7.82 Å². The van der Waals surface area contributed by atoms with Crippen molar-refractivity contribution in [3.05, 3.63) is 48.6 Å². The summed E-state index contributed by atoms with van der Waals surface area (Å²) >= 11 is 0. The van der Waals surface area contributed by atoms with Gasteiger partial charge in [-0.25, -0.2) is 4.57 Å². The zero-order valence-electron chi connectivity index (χ0n) is 59.7. The molecule has 8 nitrogen and oxygen atoms in total. The van der Waals surface area contributed by atoms with Gasteiger partial charge < -0.3 is 19.8 Å². The number of aliphatic hydroxyl groups excluding tert-OH is 1. The van der Waals surface area contributed by atoms with E-state index in [1.807, 2.05) is 21.1 Å². The molecule has 0 saturated carbocycles. The highest BCUT2D eigenvalue weighted by Gasteiger charge is 2.28. The molecule has 9 heteroatoms. The van der Waals surface area contributed by atoms with Crippen LogP contribution in [0.4, 0.5) is 0 Å². The molecule has 0 spiro atoms. The fourth-order valence-corrected chi connectivity index (χ4v) is 12.8. The first kappa shape index (κ1) is 86.5. The highest BCUT2D eigenvalue weighted by atomic mass is 31.2. The van der Waals surface area contributed by atoms with E-state index < -0.39 is 20.0 Å². The van der Waals surface area contributed by atoms with Gasteiger partial charge in [0, 0.05) is 6.42 Å². The van der Waals surface area contributed by atoms with E-state index in [0.717, 1.165) is 64.2 Å². The second-order valence-electron chi connectivity index (χ2n) is 28.1. The molecule has 0 aliphatic heterocycles. The van der Waals surface area contributed by atoms with Crippen LogP contribution in [0.15, 0.2) is 48.6 Å². The Morgan fingerprint density at radius 3 is 1.00 bits per heavy atom. The molecular formula is C79H154N2O6P+. The van der Waals surface area contributed by atoms with E-state index in [2.05, 4.69) is 67.8 Å². The SMILES string of the molecule is CC/C=C\C/C=C\C/C=C\C/C=C\CCCCCCCCCCCCCCCCCCCCCCCCC(=O)NC(COP(=O)(O)OCC[N+](C)(C)C)C(O)CCCCCCCCCCCCCCCCCCCCCCCCCCCCCCCCC. The molecule has 3 atom stereocenters. The van der Waals surface area contributed by atoms with Crippen LogP contribution in [0.25, 0.3) is 0 Å². The number of nitrogens with one attached hydrogen (secondary N) is 1. The fourth-order valence-electron chi connectivity index (χ4n) is 12.1. The molecule has 0 aliphatic carbocycles. The summed E-state index contributed by atoms with van der Waals surface area (Å²) in [5, 5.41) is 14.2. The standard InChI is InChI=1S/C79H153N2O6P/c1-6-8-10-12-14-16-18-20-22-24-26-28-30-32-34-36-38-39-40-41-43-45-47-49-51-53-55-57-59-61-63-65-67-69-71-73-79(83)80-77(76-87-88(84,85)86-75-74-81(3,4)5)78(82)72-70-68-66-64-62-60-58-56-54-52-50-48-46-44-42-37-35-33-31-29-27-25-23-21-19-17-15-13-11-9-7-2/h8,10,14,16,20,22,26,28,77-78,82H,6-7,9,11-13,15,17-19,21,23-25,27,29-76H2,1-5H3,(H-,80,83,84,85)/p+1/b10-8-,16-14-,22-20-,28-26-. The molecule has 0 fully saturated rings. The summed E-state index contributed by atoms with van der Waals surface area (Å²) in [6.45, 7) is 4.84. The van der Waals surface area contributed by atoms with Gasteiger partial charge in [0.2, 0.25) is 5.91 Å².